The summed E-state index contributed by atoms with van der Waals surface area (Å²) < 4.78 is 42.0. The average Bonchev–Trinajstić information content (AvgIpc) is 2.92. The Hall–Kier alpha value is -3.72. The van der Waals surface area contributed by atoms with E-state index in [2.05, 4.69) is 5.32 Å². The number of anilines is 1. The number of halogens is 1. The number of rotatable bonds is 12. The van der Waals surface area contributed by atoms with E-state index in [0.29, 0.717) is 13.0 Å². The van der Waals surface area contributed by atoms with Crippen LogP contribution < -0.4 is 9.62 Å². The maximum Gasteiger partial charge on any atom is 0.264 e. The third-order valence-electron chi connectivity index (χ3n) is 6.27. The van der Waals surface area contributed by atoms with E-state index in [1.54, 1.807) is 30.3 Å². The van der Waals surface area contributed by atoms with Crippen LogP contribution in [0.25, 0.3) is 0 Å². The summed E-state index contributed by atoms with van der Waals surface area (Å²) in [5.41, 5.74) is 2.15. The Morgan fingerprint density at radius 1 is 0.923 bits per heavy atom. The normalized spacial score (nSPS) is 12.2. The molecule has 0 radical (unpaired) electrons. The summed E-state index contributed by atoms with van der Waals surface area (Å²) in [7, 11) is -4.23. The second-order valence-corrected chi connectivity index (χ2v) is 11.7. The Kier molecular flexibility index (Phi) is 10.2. The Bertz CT molecular complexity index is 1350. The lowest BCUT2D eigenvalue weighted by Crippen LogP contribution is -2.52. The summed E-state index contributed by atoms with van der Waals surface area (Å²) in [6.45, 7) is 7.79. The zero-order valence-corrected chi connectivity index (χ0v) is 23.6. The van der Waals surface area contributed by atoms with Crippen molar-refractivity contribution in [3.63, 3.8) is 0 Å². The van der Waals surface area contributed by atoms with Crippen LogP contribution in [0, 0.1) is 18.7 Å². The second-order valence-electron chi connectivity index (χ2n) is 9.87. The summed E-state index contributed by atoms with van der Waals surface area (Å²) >= 11 is 0. The Morgan fingerprint density at radius 3 is 2.10 bits per heavy atom. The van der Waals surface area contributed by atoms with E-state index < -0.39 is 34.3 Å². The standard InChI is InChI=1S/C30H36FN3O4S/c1-5-28(30(36)32-19-22(2)3)33(20-24-13-11-23(4)12-14-24)29(35)21-34(26-9-7-6-8-10-26)39(37,38)27-17-15-25(31)16-18-27/h6-18,22,28H,5,19-21H2,1-4H3,(H,32,36)/t28-/m1/s1. The fraction of sp³-hybridized carbons (Fsp3) is 0.333. The van der Waals surface area contributed by atoms with Crippen molar-refractivity contribution in [1.29, 1.82) is 0 Å². The van der Waals surface area contributed by atoms with Crippen LogP contribution >= 0.6 is 0 Å². The number of sulfonamides is 1. The third kappa shape index (κ3) is 7.89. The van der Waals surface area contributed by atoms with Crippen molar-refractivity contribution >= 4 is 27.5 Å². The van der Waals surface area contributed by atoms with Gasteiger partial charge in [-0.3, -0.25) is 13.9 Å². The molecular formula is C30H36FN3O4S. The molecule has 3 aromatic rings. The highest BCUT2D eigenvalue weighted by Crippen LogP contribution is 2.25. The number of para-hydroxylation sites is 1. The van der Waals surface area contributed by atoms with Crippen LogP contribution in [0.5, 0.6) is 0 Å². The minimum Gasteiger partial charge on any atom is -0.354 e. The first-order valence-corrected chi connectivity index (χ1v) is 14.4. The van der Waals surface area contributed by atoms with E-state index in [1.807, 2.05) is 52.0 Å². The lowest BCUT2D eigenvalue weighted by Gasteiger charge is -2.33. The number of nitrogens with zero attached hydrogens (tertiary/aromatic N) is 2. The third-order valence-corrected chi connectivity index (χ3v) is 8.06. The van der Waals surface area contributed by atoms with Gasteiger partial charge < -0.3 is 10.2 Å². The van der Waals surface area contributed by atoms with Gasteiger partial charge in [-0.1, -0.05) is 68.8 Å². The van der Waals surface area contributed by atoms with E-state index in [-0.39, 0.29) is 29.0 Å². The molecule has 0 aliphatic heterocycles. The first kappa shape index (κ1) is 29.8. The largest absolute Gasteiger partial charge is 0.354 e. The molecule has 0 saturated carbocycles. The second kappa shape index (κ2) is 13.4. The highest BCUT2D eigenvalue weighted by molar-refractivity contribution is 7.92. The fourth-order valence-corrected chi connectivity index (χ4v) is 5.50. The van der Waals surface area contributed by atoms with E-state index in [4.69, 9.17) is 0 Å². The van der Waals surface area contributed by atoms with E-state index in [9.17, 15) is 22.4 Å². The molecule has 1 atom stereocenters. The first-order valence-electron chi connectivity index (χ1n) is 13.0. The molecule has 0 spiro atoms. The molecule has 0 unspecified atom stereocenters. The Labute approximate surface area is 230 Å². The molecular weight excluding hydrogens is 517 g/mol. The van der Waals surface area contributed by atoms with Gasteiger partial charge in [0.05, 0.1) is 10.6 Å². The molecule has 0 heterocycles. The van der Waals surface area contributed by atoms with Crippen LogP contribution in [0.4, 0.5) is 10.1 Å². The van der Waals surface area contributed by atoms with Gasteiger partial charge in [0.1, 0.15) is 18.4 Å². The molecule has 39 heavy (non-hydrogen) atoms. The number of amides is 2. The quantitative estimate of drug-likeness (QED) is 0.345. The first-order chi connectivity index (χ1) is 18.5. The topological polar surface area (TPSA) is 86.8 Å². The predicted molar refractivity (Wildman–Crippen MR) is 151 cm³/mol. The van der Waals surface area contributed by atoms with Gasteiger partial charge in [-0.2, -0.15) is 0 Å². The molecule has 2 amide bonds. The number of hydrogen-bond acceptors (Lipinski definition) is 4. The van der Waals surface area contributed by atoms with Crippen LogP contribution in [-0.4, -0.2) is 44.3 Å². The smallest absolute Gasteiger partial charge is 0.264 e. The molecule has 0 aliphatic rings. The van der Waals surface area contributed by atoms with Crippen LogP contribution in [0.2, 0.25) is 0 Å². The van der Waals surface area contributed by atoms with Crippen molar-refractivity contribution in [3.8, 4) is 0 Å². The van der Waals surface area contributed by atoms with Crippen molar-refractivity contribution < 1.29 is 22.4 Å². The molecule has 7 nitrogen and oxygen atoms in total. The van der Waals surface area contributed by atoms with Crippen molar-refractivity contribution in [2.45, 2.75) is 51.6 Å². The average molecular weight is 554 g/mol. The predicted octanol–water partition coefficient (Wildman–Crippen LogP) is 4.91. The molecule has 9 heteroatoms. The zero-order valence-electron chi connectivity index (χ0n) is 22.8. The van der Waals surface area contributed by atoms with Gasteiger partial charge in [0.25, 0.3) is 10.0 Å². The van der Waals surface area contributed by atoms with E-state index in [0.717, 1.165) is 27.6 Å². The number of carbonyl (C=O) groups is 2. The van der Waals surface area contributed by atoms with Gasteiger partial charge in [0.15, 0.2) is 0 Å². The van der Waals surface area contributed by atoms with Crippen LogP contribution in [0.3, 0.4) is 0 Å². The number of aryl methyl sites for hydroxylation is 1. The number of hydrogen-bond donors (Lipinski definition) is 1. The van der Waals surface area contributed by atoms with Crippen molar-refractivity contribution in [2.24, 2.45) is 5.92 Å². The van der Waals surface area contributed by atoms with Gasteiger partial charge in [-0.25, -0.2) is 12.8 Å². The molecule has 3 aromatic carbocycles. The van der Waals surface area contributed by atoms with E-state index in [1.165, 1.54) is 17.0 Å². The molecule has 0 fully saturated rings. The van der Waals surface area contributed by atoms with Gasteiger partial charge in [0, 0.05) is 13.1 Å². The lowest BCUT2D eigenvalue weighted by molar-refractivity contribution is -0.140. The molecule has 0 aliphatic carbocycles. The molecule has 3 rings (SSSR count). The minimum absolute atomic E-state index is 0.131. The van der Waals surface area contributed by atoms with E-state index >= 15 is 0 Å². The fourth-order valence-electron chi connectivity index (χ4n) is 4.09. The van der Waals surface area contributed by atoms with Gasteiger partial charge in [-0.15, -0.1) is 0 Å². The van der Waals surface area contributed by atoms with Crippen molar-refractivity contribution in [1.82, 2.24) is 10.2 Å². The monoisotopic (exact) mass is 553 g/mol. The van der Waals surface area contributed by atoms with Crippen molar-refractivity contribution in [2.75, 3.05) is 17.4 Å². The Balaban J connectivity index is 2.01. The summed E-state index contributed by atoms with van der Waals surface area (Å²) in [5.74, 6) is -1.17. The van der Waals surface area contributed by atoms with Crippen LogP contribution in [0.15, 0.2) is 83.8 Å². The van der Waals surface area contributed by atoms with Gasteiger partial charge in [-0.05, 0) is 61.2 Å². The minimum atomic E-state index is -4.23. The zero-order chi connectivity index (χ0) is 28.6. The van der Waals surface area contributed by atoms with Gasteiger partial charge >= 0.3 is 0 Å². The summed E-state index contributed by atoms with van der Waals surface area (Å²) in [4.78, 5) is 28.5. The summed E-state index contributed by atoms with van der Waals surface area (Å²) in [6, 6.07) is 19.5. The van der Waals surface area contributed by atoms with Crippen molar-refractivity contribution in [3.05, 3.63) is 95.8 Å². The van der Waals surface area contributed by atoms with Gasteiger partial charge in [0.2, 0.25) is 11.8 Å². The molecule has 0 saturated heterocycles. The number of nitrogens with one attached hydrogen (secondary N) is 1. The highest BCUT2D eigenvalue weighted by Gasteiger charge is 2.33. The highest BCUT2D eigenvalue weighted by atomic mass is 32.2. The SMILES string of the molecule is CC[C@H](C(=O)NCC(C)C)N(Cc1ccc(C)cc1)C(=O)CN(c1ccccc1)S(=O)(=O)c1ccc(F)cc1. The number of carbonyl (C=O) groups excluding carboxylic acids is 2. The molecule has 0 aromatic heterocycles. The maximum atomic E-state index is 14.0. The summed E-state index contributed by atoms with van der Waals surface area (Å²) in [6.07, 6.45) is 0.345. The summed E-state index contributed by atoms with van der Waals surface area (Å²) in [5, 5.41) is 2.91. The Morgan fingerprint density at radius 2 is 1.54 bits per heavy atom. The molecule has 0 bridgehead atoms. The number of benzene rings is 3. The van der Waals surface area contributed by atoms with Crippen LogP contribution in [0.1, 0.15) is 38.3 Å². The lowest BCUT2D eigenvalue weighted by atomic mass is 10.1. The molecule has 208 valence electrons. The van der Waals surface area contributed by atoms with Crippen LogP contribution in [-0.2, 0) is 26.2 Å². The molecule has 1 N–H and O–H groups in total. The maximum absolute atomic E-state index is 14.0.